The number of thiazole rings is 1. The lowest BCUT2D eigenvalue weighted by atomic mass is 9.96. The van der Waals surface area contributed by atoms with E-state index in [1.54, 1.807) is 35.4 Å². The monoisotopic (exact) mass is 418 g/mol. The van der Waals surface area contributed by atoms with Gasteiger partial charge >= 0.3 is 17.4 Å². The van der Waals surface area contributed by atoms with Crippen LogP contribution in [-0.2, 0) is 21.8 Å². The van der Waals surface area contributed by atoms with Gasteiger partial charge in [-0.05, 0) is 6.07 Å². The van der Waals surface area contributed by atoms with Crippen molar-refractivity contribution in [3.63, 3.8) is 0 Å². The molecule has 1 unspecified atom stereocenters. The number of hydrogen-bond acceptors (Lipinski definition) is 9. The Balaban J connectivity index is 1.63. The lowest BCUT2D eigenvalue weighted by molar-refractivity contribution is -0.420. The van der Waals surface area contributed by atoms with Crippen molar-refractivity contribution in [3.05, 3.63) is 72.6 Å². The molecule has 0 saturated carbocycles. The van der Waals surface area contributed by atoms with Gasteiger partial charge in [0.25, 0.3) is 5.72 Å². The summed E-state index contributed by atoms with van der Waals surface area (Å²) in [7, 11) is 0. The smallest absolute Gasteiger partial charge is 0.358 e. The lowest BCUT2D eigenvalue weighted by Crippen LogP contribution is -2.46. The van der Waals surface area contributed by atoms with E-state index in [1.165, 1.54) is 16.2 Å². The highest BCUT2D eigenvalue weighted by Gasteiger charge is 2.68. The van der Waals surface area contributed by atoms with Crippen molar-refractivity contribution < 1.29 is 19.2 Å². The van der Waals surface area contributed by atoms with Crippen LogP contribution in [0.25, 0.3) is 0 Å². The van der Waals surface area contributed by atoms with Crippen LogP contribution < -0.4 is 0 Å². The van der Waals surface area contributed by atoms with Gasteiger partial charge in [0.1, 0.15) is 0 Å². The Labute approximate surface area is 166 Å². The first-order valence-electron chi connectivity index (χ1n) is 8.32. The summed E-state index contributed by atoms with van der Waals surface area (Å²) in [5, 5.41) is 11.8. The highest BCUT2D eigenvalue weighted by atomic mass is 35.5. The third-order valence-electron chi connectivity index (χ3n) is 5.07. The van der Waals surface area contributed by atoms with E-state index in [4.69, 9.17) is 16.3 Å². The number of Topliss-reactive ketones (excluding diaryl/α,β-unsaturated/α-hetero) is 1. The molecular formula is C17H11ClN4O5S. The van der Waals surface area contributed by atoms with Gasteiger partial charge in [0.05, 0.1) is 17.0 Å². The number of fused-ring (bicyclic) bond motifs is 4. The first-order chi connectivity index (χ1) is 13.4. The molecule has 1 saturated heterocycles. The van der Waals surface area contributed by atoms with Gasteiger partial charge in [-0.3, -0.25) is 14.9 Å². The van der Waals surface area contributed by atoms with Crippen LogP contribution in [0.4, 0.5) is 0 Å². The molecule has 1 aromatic carbocycles. The molecule has 0 radical (unpaired) electrons. The zero-order valence-corrected chi connectivity index (χ0v) is 15.7. The van der Waals surface area contributed by atoms with Crippen molar-refractivity contribution in [1.29, 1.82) is 0 Å². The second kappa shape index (κ2) is 5.76. The SMILES string of the molecule is O=C1OC2(C(=O)C([N+](=O)[O-])=C3N(Cc4cnc(Cl)s4)CCN32)c2ccccc21. The zero-order valence-electron chi connectivity index (χ0n) is 14.1. The molecule has 142 valence electrons. The standard InChI is InChI=1S/C17H11ClN4O5S/c18-16-19-7-9(28-16)8-20-5-6-21-14(20)12(22(25)26)13(23)17(21)11-4-2-1-3-10(11)15(24)27-17/h1-4,7H,5-6,8H2. The number of halogens is 1. The maximum absolute atomic E-state index is 13.2. The van der Waals surface area contributed by atoms with Crippen LogP contribution in [0.2, 0.25) is 4.47 Å². The summed E-state index contributed by atoms with van der Waals surface area (Å²) in [4.78, 5) is 44.7. The van der Waals surface area contributed by atoms with Gasteiger partial charge in [0, 0.05) is 29.7 Å². The molecule has 0 N–H and O–H groups in total. The van der Waals surface area contributed by atoms with E-state index in [0.29, 0.717) is 29.7 Å². The molecule has 4 heterocycles. The number of esters is 1. The molecule has 0 bridgehead atoms. The molecule has 0 amide bonds. The average Bonchev–Trinajstić information content (AvgIpc) is 3.38. The molecule has 0 aliphatic carbocycles. The normalized spacial score (nSPS) is 22.9. The average molecular weight is 419 g/mol. The number of nitrogens with zero attached hydrogens (tertiary/aromatic N) is 4. The van der Waals surface area contributed by atoms with Crippen LogP contribution in [0.3, 0.4) is 0 Å². The molecule has 2 aromatic rings. The minimum absolute atomic E-state index is 0.157. The number of ketones is 1. The second-order valence-electron chi connectivity index (χ2n) is 6.49. The first-order valence-corrected chi connectivity index (χ1v) is 9.52. The number of rotatable bonds is 3. The maximum Gasteiger partial charge on any atom is 0.358 e. The third kappa shape index (κ3) is 2.09. The van der Waals surface area contributed by atoms with Crippen molar-refractivity contribution in [2.75, 3.05) is 13.1 Å². The summed E-state index contributed by atoms with van der Waals surface area (Å²) in [5.41, 5.74) is -1.81. The number of carbonyl (C=O) groups is 2. The van der Waals surface area contributed by atoms with Crippen molar-refractivity contribution in [2.24, 2.45) is 0 Å². The summed E-state index contributed by atoms with van der Waals surface area (Å²) in [6.07, 6.45) is 1.60. The van der Waals surface area contributed by atoms with E-state index in [-0.39, 0.29) is 11.4 Å². The van der Waals surface area contributed by atoms with E-state index < -0.39 is 28.1 Å². The summed E-state index contributed by atoms with van der Waals surface area (Å²) < 4.78 is 5.89. The molecule has 1 atom stereocenters. The molecule has 9 nitrogen and oxygen atoms in total. The maximum atomic E-state index is 13.2. The fourth-order valence-electron chi connectivity index (χ4n) is 4.01. The summed E-state index contributed by atoms with van der Waals surface area (Å²) >= 11 is 7.14. The van der Waals surface area contributed by atoms with Gasteiger partial charge in [-0.25, -0.2) is 9.78 Å². The topological polar surface area (TPSA) is 106 Å². The summed E-state index contributed by atoms with van der Waals surface area (Å²) in [6, 6.07) is 6.48. The minimum atomic E-state index is -1.81. The highest BCUT2D eigenvalue weighted by molar-refractivity contribution is 7.15. The minimum Gasteiger partial charge on any atom is -0.422 e. The third-order valence-corrected chi connectivity index (χ3v) is 6.17. The predicted molar refractivity (Wildman–Crippen MR) is 96.8 cm³/mol. The molecule has 28 heavy (non-hydrogen) atoms. The zero-order chi connectivity index (χ0) is 19.6. The van der Waals surface area contributed by atoms with Crippen molar-refractivity contribution >= 4 is 34.7 Å². The quantitative estimate of drug-likeness (QED) is 0.423. The van der Waals surface area contributed by atoms with E-state index in [1.807, 2.05) is 0 Å². The highest BCUT2D eigenvalue weighted by Crippen LogP contribution is 2.50. The number of aromatic nitrogens is 1. The van der Waals surface area contributed by atoms with Crippen molar-refractivity contribution in [2.45, 2.75) is 12.3 Å². The van der Waals surface area contributed by atoms with Crippen LogP contribution in [0.1, 0.15) is 20.8 Å². The van der Waals surface area contributed by atoms with Gasteiger partial charge < -0.3 is 14.5 Å². The van der Waals surface area contributed by atoms with Gasteiger partial charge in [0.15, 0.2) is 10.3 Å². The first kappa shape index (κ1) is 17.1. The van der Waals surface area contributed by atoms with Crippen molar-refractivity contribution in [1.82, 2.24) is 14.8 Å². The Morgan fingerprint density at radius 1 is 1.32 bits per heavy atom. The fourth-order valence-corrected chi connectivity index (χ4v) is 5.00. The van der Waals surface area contributed by atoms with Gasteiger partial charge in [-0.15, -0.1) is 11.3 Å². The van der Waals surface area contributed by atoms with Gasteiger partial charge in [-0.1, -0.05) is 29.8 Å². The van der Waals surface area contributed by atoms with Crippen molar-refractivity contribution in [3.8, 4) is 0 Å². The molecule has 1 aromatic heterocycles. The summed E-state index contributed by atoms with van der Waals surface area (Å²) in [5.74, 6) is -1.34. The number of benzene rings is 1. The van der Waals surface area contributed by atoms with E-state index in [0.717, 1.165) is 4.88 Å². The predicted octanol–water partition coefficient (Wildman–Crippen LogP) is 1.97. The Kier molecular flexibility index (Phi) is 3.52. The van der Waals surface area contributed by atoms with Crippen LogP contribution in [0.5, 0.6) is 0 Å². The number of ether oxygens (including phenoxy) is 1. The second-order valence-corrected chi connectivity index (χ2v) is 8.19. The Morgan fingerprint density at radius 3 is 2.82 bits per heavy atom. The van der Waals surface area contributed by atoms with Gasteiger partial charge in [-0.2, -0.15) is 0 Å². The Bertz CT molecular complexity index is 1100. The number of nitro groups is 1. The van der Waals surface area contributed by atoms with E-state index in [9.17, 15) is 19.7 Å². The molecule has 1 spiro atoms. The Hall–Kier alpha value is -2.98. The van der Waals surface area contributed by atoms with E-state index >= 15 is 0 Å². The lowest BCUT2D eigenvalue weighted by Gasteiger charge is -2.31. The van der Waals surface area contributed by atoms with Crippen LogP contribution in [0.15, 0.2) is 42.0 Å². The molecule has 1 fully saturated rings. The molecule has 3 aliphatic rings. The van der Waals surface area contributed by atoms with Gasteiger partial charge in [0.2, 0.25) is 0 Å². The molecule has 3 aliphatic heterocycles. The van der Waals surface area contributed by atoms with Crippen LogP contribution in [-0.4, -0.2) is 44.5 Å². The molecule has 5 rings (SSSR count). The van der Waals surface area contributed by atoms with Crippen LogP contribution in [0, 0.1) is 10.1 Å². The fraction of sp³-hybridized carbons (Fsp3) is 0.235. The molecule has 11 heteroatoms. The molecular weight excluding hydrogens is 408 g/mol. The Morgan fingerprint density at radius 2 is 2.11 bits per heavy atom. The number of carbonyl (C=O) groups excluding carboxylic acids is 2. The number of hydrogen-bond donors (Lipinski definition) is 0. The largest absolute Gasteiger partial charge is 0.422 e. The summed E-state index contributed by atoms with van der Waals surface area (Å²) in [6.45, 7) is 1.04. The van der Waals surface area contributed by atoms with Crippen LogP contribution >= 0.6 is 22.9 Å². The van der Waals surface area contributed by atoms with E-state index in [2.05, 4.69) is 4.98 Å².